The van der Waals surface area contributed by atoms with Gasteiger partial charge in [-0.1, -0.05) is 24.4 Å². The van der Waals surface area contributed by atoms with Gasteiger partial charge in [-0.05, 0) is 48.7 Å². The summed E-state index contributed by atoms with van der Waals surface area (Å²) in [6.45, 7) is 0.289. The van der Waals surface area contributed by atoms with Crippen molar-refractivity contribution in [3.8, 4) is 17.2 Å². The Balaban J connectivity index is 1.48. The number of rotatable bonds is 9. The molecule has 0 spiro atoms. The number of aromatic nitrogens is 2. The van der Waals surface area contributed by atoms with Crippen molar-refractivity contribution in [2.45, 2.75) is 25.9 Å². The zero-order chi connectivity index (χ0) is 21.8. The van der Waals surface area contributed by atoms with Crippen LogP contribution >= 0.6 is 11.6 Å². The molecule has 0 atom stereocenters. The molecule has 3 aromatic rings. The third-order valence-corrected chi connectivity index (χ3v) is 5.43. The van der Waals surface area contributed by atoms with Gasteiger partial charge in [0.2, 0.25) is 0 Å². The van der Waals surface area contributed by atoms with Gasteiger partial charge in [-0.15, -0.1) is 0 Å². The molecule has 1 heterocycles. The maximum absolute atomic E-state index is 12.9. The molecule has 0 unspecified atom stereocenters. The molecule has 1 amide bonds. The summed E-state index contributed by atoms with van der Waals surface area (Å²) >= 11 is 5.93. The molecule has 1 fully saturated rings. The Morgan fingerprint density at radius 3 is 2.68 bits per heavy atom. The number of methoxy groups -OCH3 is 1. The van der Waals surface area contributed by atoms with E-state index in [0.717, 1.165) is 18.0 Å². The molecule has 4 rings (SSSR count). The molecule has 2 aromatic carbocycles. The fourth-order valence-corrected chi connectivity index (χ4v) is 3.37. The number of aliphatic hydroxyl groups excluding tert-OH is 1. The Morgan fingerprint density at radius 2 is 2.00 bits per heavy atom. The maximum Gasteiger partial charge on any atom is 0.259 e. The number of hydrogen-bond donors (Lipinski definition) is 2. The van der Waals surface area contributed by atoms with Crippen molar-refractivity contribution in [1.82, 2.24) is 9.78 Å². The van der Waals surface area contributed by atoms with Crippen LogP contribution in [0.3, 0.4) is 0 Å². The minimum absolute atomic E-state index is 0.277. The normalized spacial score (nSPS) is 13.1. The van der Waals surface area contributed by atoms with Crippen LogP contribution in [0, 0.1) is 5.92 Å². The number of carbonyl (C=O) groups excluding carboxylic acids is 1. The second kappa shape index (κ2) is 9.41. The molecule has 31 heavy (non-hydrogen) atoms. The summed E-state index contributed by atoms with van der Waals surface area (Å²) in [6.07, 6.45) is 5.20. The monoisotopic (exact) mass is 441 g/mol. The van der Waals surface area contributed by atoms with Crippen molar-refractivity contribution in [3.63, 3.8) is 0 Å². The Hall–Kier alpha value is -3.03. The average molecular weight is 442 g/mol. The van der Waals surface area contributed by atoms with Gasteiger partial charge >= 0.3 is 0 Å². The largest absolute Gasteiger partial charge is 0.493 e. The van der Waals surface area contributed by atoms with E-state index in [-0.39, 0.29) is 23.8 Å². The van der Waals surface area contributed by atoms with E-state index in [2.05, 4.69) is 10.4 Å². The van der Waals surface area contributed by atoms with Gasteiger partial charge in [0.05, 0.1) is 31.6 Å². The standard InChI is InChI=1S/C23H24ClN3O4/c1-30-22-12-17(6-9-21(22)31-11-10-15-2-3-15)25-23(29)19-13-27(26-20(19)14-28)18-7-4-16(24)5-8-18/h4-9,12-13,15,28H,2-3,10-11,14H2,1H3,(H,25,29). The predicted molar refractivity (Wildman–Crippen MR) is 118 cm³/mol. The highest BCUT2D eigenvalue weighted by molar-refractivity contribution is 6.30. The number of amides is 1. The number of anilines is 1. The van der Waals surface area contributed by atoms with Gasteiger partial charge in [0, 0.05) is 23.0 Å². The van der Waals surface area contributed by atoms with Crippen molar-refractivity contribution < 1.29 is 19.4 Å². The van der Waals surface area contributed by atoms with Gasteiger partial charge in [-0.2, -0.15) is 5.10 Å². The molecule has 2 N–H and O–H groups in total. The van der Waals surface area contributed by atoms with Gasteiger partial charge < -0.3 is 19.9 Å². The van der Waals surface area contributed by atoms with E-state index in [4.69, 9.17) is 21.1 Å². The first-order chi connectivity index (χ1) is 15.1. The number of nitrogens with zero attached hydrogens (tertiary/aromatic N) is 2. The number of halogens is 1. The Labute approximate surface area is 185 Å². The summed E-state index contributed by atoms with van der Waals surface area (Å²) in [4.78, 5) is 12.9. The zero-order valence-electron chi connectivity index (χ0n) is 17.2. The van der Waals surface area contributed by atoms with Gasteiger partial charge in [0.15, 0.2) is 11.5 Å². The zero-order valence-corrected chi connectivity index (χ0v) is 17.9. The lowest BCUT2D eigenvalue weighted by Crippen LogP contribution is -2.13. The van der Waals surface area contributed by atoms with Crippen LogP contribution in [0.5, 0.6) is 11.5 Å². The number of nitrogens with one attached hydrogen (secondary N) is 1. The molecule has 162 valence electrons. The third kappa shape index (κ3) is 5.18. The van der Waals surface area contributed by atoms with E-state index >= 15 is 0 Å². The van der Waals surface area contributed by atoms with Crippen LogP contribution in [0.15, 0.2) is 48.7 Å². The van der Waals surface area contributed by atoms with E-state index in [1.54, 1.807) is 55.8 Å². The number of carbonyl (C=O) groups is 1. The van der Waals surface area contributed by atoms with Crippen LogP contribution in [0.2, 0.25) is 5.02 Å². The average Bonchev–Trinajstić information content (AvgIpc) is 3.50. The van der Waals surface area contributed by atoms with Gasteiger partial charge in [-0.3, -0.25) is 4.79 Å². The molecule has 0 bridgehead atoms. The molecule has 1 aromatic heterocycles. The van der Waals surface area contributed by atoms with Crippen LogP contribution in [0.1, 0.15) is 35.3 Å². The van der Waals surface area contributed by atoms with Crippen molar-refractivity contribution in [3.05, 3.63) is 64.9 Å². The summed E-state index contributed by atoms with van der Waals surface area (Å²) in [5.41, 5.74) is 1.84. The highest BCUT2D eigenvalue weighted by Gasteiger charge is 2.21. The van der Waals surface area contributed by atoms with E-state index < -0.39 is 0 Å². The Bertz CT molecular complexity index is 1060. The summed E-state index contributed by atoms with van der Waals surface area (Å²) in [7, 11) is 1.56. The summed E-state index contributed by atoms with van der Waals surface area (Å²) in [6, 6.07) is 12.3. The fourth-order valence-electron chi connectivity index (χ4n) is 3.25. The number of benzene rings is 2. The highest BCUT2D eigenvalue weighted by atomic mass is 35.5. The molecule has 0 aliphatic heterocycles. The number of aliphatic hydroxyl groups is 1. The van der Waals surface area contributed by atoms with Crippen LogP contribution in [-0.2, 0) is 6.61 Å². The molecule has 1 aliphatic carbocycles. The minimum atomic E-state index is -0.381. The van der Waals surface area contributed by atoms with E-state index in [9.17, 15) is 9.90 Å². The molecule has 0 saturated heterocycles. The van der Waals surface area contributed by atoms with Gasteiger partial charge in [0.25, 0.3) is 5.91 Å². The molecular weight excluding hydrogens is 418 g/mol. The molecule has 1 saturated carbocycles. The lowest BCUT2D eigenvalue weighted by Gasteiger charge is -2.12. The topological polar surface area (TPSA) is 85.6 Å². The first-order valence-electron chi connectivity index (χ1n) is 10.1. The Morgan fingerprint density at radius 1 is 1.23 bits per heavy atom. The number of ether oxygens (including phenoxy) is 2. The van der Waals surface area contributed by atoms with Crippen LogP contribution < -0.4 is 14.8 Å². The van der Waals surface area contributed by atoms with Crippen molar-refractivity contribution in [2.24, 2.45) is 5.92 Å². The second-order valence-electron chi connectivity index (χ2n) is 7.47. The van der Waals surface area contributed by atoms with E-state index in [1.807, 2.05) is 0 Å². The summed E-state index contributed by atoms with van der Waals surface area (Å²) in [5, 5.41) is 17.4. The quantitative estimate of drug-likeness (QED) is 0.512. The maximum atomic E-state index is 12.9. The van der Waals surface area contributed by atoms with Crippen LogP contribution in [-0.4, -0.2) is 34.5 Å². The molecular formula is C23H24ClN3O4. The molecule has 8 heteroatoms. The lowest BCUT2D eigenvalue weighted by molar-refractivity contribution is 0.102. The van der Waals surface area contributed by atoms with Gasteiger partial charge in [-0.25, -0.2) is 4.68 Å². The first kappa shape index (κ1) is 21.2. The fraction of sp³-hybridized carbons (Fsp3) is 0.304. The first-order valence-corrected chi connectivity index (χ1v) is 10.5. The van der Waals surface area contributed by atoms with Gasteiger partial charge in [0.1, 0.15) is 5.69 Å². The van der Waals surface area contributed by atoms with Crippen molar-refractivity contribution in [1.29, 1.82) is 0 Å². The SMILES string of the molecule is COc1cc(NC(=O)c2cn(-c3ccc(Cl)cc3)nc2CO)ccc1OCCC1CC1. The van der Waals surface area contributed by atoms with Crippen LogP contribution in [0.4, 0.5) is 5.69 Å². The second-order valence-corrected chi connectivity index (χ2v) is 7.91. The highest BCUT2D eigenvalue weighted by Crippen LogP contribution is 2.34. The third-order valence-electron chi connectivity index (χ3n) is 5.18. The lowest BCUT2D eigenvalue weighted by atomic mass is 10.2. The number of hydrogen-bond acceptors (Lipinski definition) is 5. The van der Waals surface area contributed by atoms with Crippen LogP contribution in [0.25, 0.3) is 5.69 Å². The van der Waals surface area contributed by atoms with Crippen molar-refractivity contribution in [2.75, 3.05) is 19.0 Å². The molecule has 7 nitrogen and oxygen atoms in total. The Kier molecular flexibility index (Phi) is 6.44. The van der Waals surface area contributed by atoms with Crippen molar-refractivity contribution >= 4 is 23.2 Å². The van der Waals surface area contributed by atoms with E-state index in [1.165, 1.54) is 17.5 Å². The summed E-state index contributed by atoms with van der Waals surface area (Å²) < 4.78 is 12.8. The smallest absolute Gasteiger partial charge is 0.259 e. The predicted octanol–water partition coefficient (Wildman–Crippen LogP) is 4.46. The molecule has 0 radical (unpaired) electrons. The summed E-state index contributed by atoms with van der Waals surface area (Å²) in [5.74, 6) is 1.60. The molecule has 1 aliphatic rings. The van der Waals surface area contributed by atoms with E-state index in [0.29, 0.717) is 28.8 Å². The minimum Gasteiger partial charge on any atom is -0.493 e.